The topological polar surface area (TPSA) is 42.0 Å². The van der Waals surface area contributed by atoms with Gasteiger partial charge < -0.3 is 14.4 Å². The number of hydrogen-bond donors (Lipinski definition) is 0. The number of aryl methyl sites for hydroxylation is 1. The zero-order chi connectivity index (χ0) is 24.9. The largest absolute Gasteiger partial charge is 0.493 e. The average Bonchev–Trinajstić information content (AvgIpc) is 2.87. The highest BCUT2D eigenvalue weighted by atomic mass is 19.1. The van der Waals surface area contributed by atoms with Crippen LogP contribution in [-0.4, -0.2) is 44.2 Å². The minimum absolute atomic E-state index is 0.0807. The quantitative estimate of drug-likeness (QED) is 0.441. The standard InChI is InChI=1S/C28H30F2N2O3/c1-19-6-4-7-20(16-19)28(33)32(22-10-11-26(34-2)27(17-22)35-3)21-12-14-31(15-13-21)18-23-24(29)8-5-9-25(23)30/h4-11,16-17,21H,12-15,18H2,1-3H3. The van der Waals surface area contributed by atoms with E-state index >= 15 is 0 Å². The van der Waals surface area contributed by atoms with E-state index in [1.807, 2.05) is 53.1 Å². The Morgan fingerprint density at radius 1 is 0.943 bits per heavy atom. The third-order valence-electron chi connectivity index (χ3n) is 6.49. The second kappa shape index (κ2) is 10.9. The highest BCUT2D eigenvalue weighted by molar-refractivity contribution is 6.06. The minimum Gasteiger partial charge on any atom is -0.493 e. The number of benzene rings is 3. The number of rotatable bonds is 7. The van der Waals surface area contributed by atoms with Gasteiger partial charge in [-0.1, -0.05) is 23.8 Å². The molecular weight excluding hydrogens is 450 g/mol. The summed E-state index contributed by atoms with van der Waals surface area (Å²) in [6.45, 7) is 3.39. The fourth-order valence-corrected chi connectivity index (χ4v) is 4.63. The Hall–Kier alpha value is -3.45. The van der Waals surface area contributed by atoms with Crippen LogP contribution in [0.15, 0.2) is 60.7 Å². The number of carbonyl (C=O) groups is 1. The van der Waals surface area contributed by atoms with Crippen molar-refractivity contribution in [2.75, 3.05) is 32.2 Å². The first-order valence-corrected chi connectivity index (χ1v) is 11.7. The number of likely N-dealkylation sites (tertiary alicyclic amines) is 1. The van der Waals surface area contributed by atoms with Crippen LogP contribution in [-0.2, 0) is 6.54 Å². The molecule has 0 N–H and O–H groups in total. The van der Waals surface area contributed by atoms with Gasteiger partial charge in [-0.25, -0.2) is 8.78 Å². The summed E-state index contributed by atoms with van der Waals surface area (Å²) in [5.74, 6) is -0.0395. The van der Waals surface area contributed by atoms with E-state index in [1.54, 1.807) is 20.3 Å². The molecule has 1 fully saturated rings. The van der Waals surface area contributed by atoms with Crippen LogP contribution in [0.2, 0.25) is 0 Å². The molecule has 7 heteroatoms. The Bertz CT molecular complexity index is 1170. The minimum atomic E-state index is -0.534. The highest BCUT2D eigenvalue weighted by Crippen LogP contribution is 2.35. The Labute approximate surface area is 204 Å². The number of hydrogen-bond acceptors (Lipinski definition) is 4. The van der Waals surface area contributed by atoms with E-state index in [1.165, 1.54) is 18.2 Å². The molecule has 0 aliphatic carbocycles. The van der Waals surface area contributed by atoms with E-state index in [0.29, 0.717) is 48.7 Å². The first-order chi connectivity index (χ1) is 16.9. The number of carbonyl (C=O) groups excluding carboxylic acids is 1. The lowest BCUT2D eigenvalue weighted by Gasteiger charge is -2.39. The van der Waals surface area contributed by atoms with Gasteiger partial charge in [-0.15, -0.1) is 0 Å². The number of nitrogens with zero attached hydrogens (tertiary/aromatic N) is 2. The molecule has 3 aromatic carbocycles. The second-order valence-corrected chi connectivity index (χ2v) is 8.79. The van der Waals surface area contributed by atoms with Crippen molar-refractivity contribution in [2.45, 2.75) is 32.4 Å². The summed E-state index contributed by atoms with van der Waals surface area (Å²) in [4.78, 5) is 17.6. The van der Waals surface area contributed by atoms with Gasteiger partial charge in [0.05, 0.1) is 14.2 Å². The Balaban J connectivity index is 1.59. The molecule has 0 unspecified atom stereocenters. The normalized spacial score (nSPS) is 14.5. The van der Waals surface area contributed by atoms with E-state index < -0.39 is 11.6 Å². The summed E-state index contributed by atoms with van der Waals surface area (Å²) in [6, 6.07) is 16.9. The number of halogens is 2. The van der Waals surface area contributed by atoms with Crippen LogP contribution < -0.4 is 14.4 Å². The molecule has 0 spiro atoms. The van der Waals surface area contributed by atoms with Crippen molar-refractivity contribution < 1.29 is 23.0 Å². The molecule has 1 amide bonds. The van der Waals surface area contributed by atoms with Crippen molar-refractivity contribution in [3.63, 3.8) is 0 Å². The number of piperidine rings is 1. The van der Waals surface area contributed by atoms with Crippen LogP contribution in [0.3, 0.4) is 0 Å². The molecule has 5 nitrogen and oxygen atoms in total. The van der Waals surface area contributed by atoms with E-state index in [4.69, 9.17) is 9.47 Å². The summed E-state index contributed by atoms with van der Waals surface area (Å²) >= 11 is 0. The van der Waals surface area contributed by atoms with Gasteiger partial charge in [0.1, 0.15) is 11.6 Å². The maximum Gasteiger partial charge on any atom is 0.258 e. The average molecular weight is 481 g/mol. The summed E-state index contributed by atoms with van der Waals surface area (Å²) in [6.07, 6.45) is 1.34. The van der Waals surface area contributed by atoms with Gasteiger partial charge in [0.15, 0.2) is 11.5 Å². The molecule has 0 bridgehead atoms. The molecule has 1 aliphatic heterocycles. The van der Waals surface area contributed by atoms with E-state index in [0.717, 1.165) is 5.56 Å². The summed E-state index contributed by atoms with van der Waals surface area (Å²) in [5, 5.41) is 0. The van der Waals surface area contributed by atoms with Crippen LogP contribution in [0.1, 0.15) is 34.3 Å². The van der Waals surface area contributed by atoms with E-state index in [2.05, 4.69) is 0 Å². The third kappa shape index (κ3) is 5.46. The van der Waals surface area contributed by atoms with Crippen molar-refractivity contribution >= 4 is 11.6 Å². The number of methoxy groups -OCH3 is 2. The highest BCUT2D eigenvalue weighted by Gasteiger charge is 2.31. The third-order valence-corrected chi connectivity index (χ3v) is 6.49. The number of anilines is 1. The summed E-state index contributed by atoms with van der Waals surface area (Å²) in [5.41, 5.74) is 2.41. The molecule has 0 aromatic heterocycles. The molecule has 0 radical (unpaired) electrons. The lowest BCUT2D eigenvalue weighted by Crippen LogP contribution is -2.47. The van der Waals surface area contributed by atoms with E-state index in [-0.39, 0.29) is 24.1 Å². The Kier molecular flexibility index (Phi) is 7.66. The van der Waals surface area contributed by atoms with Crippen LogP contribution in [0.25, 0.3) is 0 Å². The van der Waals surface area contributed by atoms with Crippen LogP contribution in [0, 0.1) is 18.6 Å². The molecule has 0 atom stereocenters. The predicted molar refractivity (Wildman–Crippen MR) is 132 cm³/mol. The number of ether oxygens (including phenoxy) is 2. The first-order valence-electron chi connectivity index (χ1n) is 11.7. The lowest BCUT2D eigenvalue weighted by molar-refractivity contribution is 0.0958. The van der Waals surface area contributed by atoms with Gasteiger partial charge in [0.2, 0.25) is 0 Å². The van der Waals surface area contributed by atoms with Gasteiger partial charge >= 0.3 is 0 Å². The fourth-order valence-electron chi connectivity index (χ4n) is 4.63. The number of amides is 1. The van der Waals surface area contributed by atoms with Crippen molar-refractivity contribution in [1.82, 2.24) is 4.90 Å². The molecule has 184 valence electrons. The zero-order valence-corrected chi connectivity index (χ0v) is 20.3. The molecule has 35 heavy (non-hydrogen) atoms. The van der Waals surface area contributed by atoms with Crippen LogP contribution in [0.4, 0.5) is 14.5 Å². The molecule has 4 rings (SSSR count). The SMILES string of the molecule is COc1ccc(N(C(=O)c2cccc(C)c2)C2CCN(Cc3c(F)cccc3F)CC2)cc1OC. The maximum absolute atomic E-state index is 14.1. The summed E-state index contributed by atoms with van der Waals surface area (Å²) in [7, 11) is 3.13. The molecule has 1 saturated heterocycles. The lowest BCUT2D eigenvalue weighted by atomic mass is 9.99. The Morgan fingerprint density at radius 2 is 1.60 bits per heavy atom. The predicted octanol–water partition coefficient (Wildman–Crippen LogP) is 5.60. The van der Waals surface area contributed by atoms with Crippen molar-refractivity contribution in [3.05, 3.63) is 89.0 Å². The molecule has 1 aliphatic rings. The molecule has 1 heterocycles. The van der Waals surface area contributed by atoms with Crippen LogP contribution >= 0.6 is 0 Å². The van der Waals surface area contributed by atoms with Crippen molar-refractivity contribution in [2.24, 2.45) is 0 Å². The van der Waals surface area contributed by atoms with Gasteiger partial charge in [-0.3, -0.25) is 9.69 Å². The van der Waals surface area contributed by atoms with Crippen LogP contribution in [0.5, 0.6) is 11.5 Å². The van der Waals surface area contributed by atoms with Crippen molar-refractivity contribution in [1.29, 1.82) is 0 Å². The van der Waals surface area contributed by atoms with E-state index in [9.17, 15) is 13.6 Å². The molecular formula is C28H30F2N2O3. The summed E-state index contributed by atoms with van der Waals surface area (Å²) < 4.78 is 39.2. The monoisotopic (exact) mass is 480 g/mol. The fraction of sp³-hybridized carbons (Fsp3) is 0.321. The molecule has 3 aromatic rings. The van der Waals surface area contributed by atoms with Gasteiger partial charge in [0, 0.05) is 48.6 Å². The first kappa shape index (κ1) is 24.7. The maximum atomic E-state index is 14.1. The smallest absolute Gasteiger partial charge is 0.258 e. The van der Waals surface area contributed by atoms with Gasteiger partial charge in [0.25, 0.3) is 5.91 Å². The van der Waals surface area contributed by atoms with Crippen molar-refractivity contribution in [3.8, 4) is 11.5 Å². The molecule has 0 saturated carbocycles. The van der Waals surface area contributed by atoms with Gasteiger partial charge in [-0.2, -0.15) is 0 Å². The zero-order valence-electron chi connectivity index (χ0n) is 20.3. The second-order valence-electron chi connectivity index (χ2n) is 8.79. The van der Waals surface area contributed by atoms with Gasteiger partial charge in [-0.05, 0) is 56.2 Å². The Morgan fingerprint density at radius 3 is 2.23 bits per heavy atom.